The summed E-state index contributed by atoms with van der Waals surface area (Å²) in [6.07, 6.45) is 4.72. The van der Waals surface area contributed by atoms with Crippen molar-refractivity contribution < 1.29 is 4.74 Å². The molecule has 0 rings (SSSR count). The number of hydrogen-bond donors (Lipinski definition) is 1. The van der Waals surface area contributed by atoms with Crippen LogP contribution in [0.15, 0.2) is 0 Å². The third-order valence-corrected chi connectivity index (χ3v) is 2.53. The van der Waals surface area contributed by atoms with Crippen molar-refractivity contribution in [3.63, 3.8) is 0 Å². The molecule has 2 nitrogen and oxygen atoms in total. The number of methoxy groups -OCH3 is 1. The summed E-state index contributed by atoms with van der Waals surface area (Å²) in [7, 11) is 1.77. The van der Waals surface area contributed by atoms with Gasteiger partial charge >= 0.3 is 0 Å². The molecular formula is C13H25NO. The normalized spacial score (nSPS) is 14.1. The fraction of sp³-hybridized carbons (Fsp3) is 0.846. The molecule has 0 saturated carbocycles. The number of hydrogen-bond acceptors (Lipinski definition) is 2. The van der Waals surface area contributed by atoms with Gasteiger partial charge in [0.05, 0.1) is 6.10 Å². The largest absolute Gasteiger partial charge is 0.382 e. The lowest BCUT2D eigenvalue weighted by molar-refractivity contribution is 0.106. The second-order valence-electron chi connectivity index (χ2n) is 3.91. The van der Waals surface area contributed by atoms with E-state index in [1.165, 1.54) is 6.42 Å². The lowest BCUT2D eigenvalue weighted by Crippen LogP contribution is -2.30. The Morgan fingerprint density at radius 2 is 2.07 bits per heavy atom. The molecule has 2 unspecified atom stereocenters. The first-order valence-electron chi connectivity index (χ1n) is 5.90. The van der Waals surface area contributed by atoms with Crippen molar-refractivity contribution in [1.29, 1.82) is 0 Å². The van der Waals surface area contributed by atoms with Gasteiger partial charge in [0.1, 0.15) is 0 Å². The second-order valence-corrected chi connectivity index (χ2v) is 3.91. The molecule has 0 fully saturated rings. The molecule has 0 saturated heterocycles. The van der Waals surface area contributed by atoms with Gasteiger partial charge in [0, 0.05) is 19.6 Å². The highest BCUT2D eigenvalue weighted by molar-refractivity contribution is 4.98. The van der Waals surface area contributed by atoms with E-state index in [2.05, 4.69) is 31.0 Å². The molecule has 0 aromatic rings. The predicted octanol–water partition coefficient (Wildman–Crippen LogP) is 2.58. The van der Waals surface area contributed by atoms with E-state index in [1.807, 2.05) is 6.92 Å². The summed E-state index contributed by atoms with van der Waals surface area (Å²) in [6.45, 7) is 7.28. The summed E-state index contributed by atoms with van der Waals surface area (Å²) in [6, 6.07) is 0.523. The Morgan fingerprint density at radius 3 is 2.60 bits per heavy atom. The summed E-state index contributed by atoms with van der Waals surface area (Å²) in [5.74, 6) is 6.10. The Morgan fingerprint density at radius 1 is 1.33 bits per heavy atom. The molecule has 88 valence electrons. The Hall–Kier alpha value is -0.520. The Kier molecular flexibility index (Phi) is 9.67. The number of ether oxygens (including phenoxy) is 1. The summed E-state index contributed by atoms with van der Waals surface area (Å²) < 4.78 is 5.25. The van der Waals surface area contributed by atoms with Gasteiger partial charge in [-0.25, -0.2) is 0 Å². The van der Waals surface area contributed by atoms with Crippen molar-refractivity contribution in [2.24, 2.45) is 0 Å². The third-order valence-electron chi connectivity index (χ3n) is 2.53. The van der Waals surface area contributed by atoms with Crippen molar-refractivity contribution in [2.45, 2.75) is 58.6 Å². The standard InChI is InChI=1S/C13H25NO/c1-5-7-8-13(14-11-6-2)10-9-12(3)15-4/h12-14H,6,8-11H2,1-4H3. The van der Waals surface area contributed by atoms with Gasteiger partial charge in [-0.3, -0.25) is 0 Å². The lowest BCUT2D eigenvalue weighted by atomic mass is 10.1. The van der Waals surface area contributed by atoms with E-state index in [0.717, 1.165) is 25.8 Å². The molecule has 0 aromatic carbocycles. The van der Waals surface area contributed by atoms with Gasteiger partial charge in [0.15, 0.2) is 0 Å². The van der Waals surface area contributed by atoms with Crippen LogP contribution in [-0.4, -0.2) is 25.8 Å². The van der Waals surface area contributed by atoms with Crippen molar-refractivity contribution >= 4 is 0 Å². The molecule has 0 heterocycles. The van der Waals surface area contributed by atoms with Crippen LogP contribution in [0.5, 0.6) is 0 Å². The minimum atomic E-state index is 0.352. The molecule has 1 N–H and O–H groups in total. The molecule has 0 aliphatic rings. The van der Waals surface area contributed by atoms with E-state index in [4.69, 9.17) is 4.74 Å². The first kappa shape index (κ1) is 14.5. The third kappa shape index (κ3) is 8.47. The van der Waals surface area contributed by atoms with Crippen LogP contribution >= 0.6 is 0 Å². The minimum Gasteiger partial charge on any atom is -0.382 e. The first-order valence-corrected chi connectivity index (χ1v) is 5.90. The second kappa shape index (κ2) is 10.0. The zero-order valence-electron chi connectivity index (χ0n) is 10.6. The zero-order valence-corrected chi connectivity index (χ0v) is 10.6. The molecule has 2 heteroatoms. The van der Waals surface area contributed by atoms with Crippen molar-refractivity contribution in [3.8, 4) is 11.8 Å². The minimum absolute atomic E-state index is 0.352. The van der Waals surface area contributed by atoms with E-state index in [9.17, 15) is 0 Å². The van der Waals surface area contributed by atoms with E-state index in [-0.39, 0.29) is 0 Å². The fourth-order valence-electron chi connectivity index (χ4n) is 1.40. The maximum absolute atomic E-state index is 5.25. The molecule has 0 radical (unpaired) electrons. The highest BCUT2D eigenvalue weighted by atomic mass is 16.5. The van der Waals surface area contributed by atoms with Crippen molar-refractivity contribution in [1.82, 2.24) is 5.32 Å². The van der Waals surface area contributed by atoms with Crippen LogP contribution in [0.4, 0.5) is 0 Å². The number of rotatable bonds is 8. The van der Waals surface area contributed by atoms with Gasteiger partial charge in [-0.05, 0) is 39.7 Å². The molecule has 0 amide bonds. The Bertz CT molecular complexity index is 192. The van der Waals surface area contributed by atoms with Crippen molar-refractivity contribution in [2.75, 3.05) is 13.7 Å². The van der Waals surface area contributed by atoms with Crippen LogP contribution in [-0.2, 0) is 4.74 Å². The first-order chi connectivity index (χ1) is 7.24. The average molecular weight is 211 g/mol. The van der Waals surface area contributed by atoms with E-state index in [0.29, 0.717) is 12.1 Å². The van der Waals surface area contributed by atoms with Gasteiger partial charge in [0.2, 0.25) is 0 Å². The van der Waals surface area contributed by atoms with Crippen LogP contribution in [0.1, 0.15) is 46.5 Å². The smallest absolute Gasteiger partial charge is 0.0543 e. The SMILES string of the molecule is CC#CCC(CCC(C)OC)NCCC. The zero-order chi connectivity index (χ0) is 11.5. The number of nitrogens with one attached hydrogen (secondary N) is 1. The Labute approximate surface area is 94.8 Å². The lowest BCUT2D eigenvalue weighted by Gasteiger charge is -2.18. The van der Waals surface area contributed by atoms with Crippen molar-refractivity contribution in [3.05, 3.63) is 0 Å². The molecular weight excluding hydrogens is 186 g/mol. The maximum atomic E-state index is 5.25. The summed E-state index contributed by atoms with van der Waals surface area (Å²) in [4.78, 5) is 0. The highest BCUT2D eigenvalue weighted by Crippen LogP contribution is 2.06. The van der Waals surface area contributed by atoms with Crippen LogP contribution in [0, 0.1) is 11.8 Å². The van der Waals surface area contributed by atoms with Crippen LogP contribution in [0.3, 0.4) is 0 Å². The predicted molar refractivity (Wildman–Crippen MR) is 65.9 cm³/mol. The van der Waals surface area contributed by atoms with E-state index >= 15 is 0 Å². The molecule has 0 aromatic heterocycles. The van der Waals surface area contributed by atoms with E-state index < -0.39 is 0 Å². The summed E-state index contributed by atoms with van der Waals surface area (Å²) >= 11 is 0. The van der Waals surface area contributed by atoms with Gasteiger partial charge in [-0.1, -0.05) is 6.92 Å². The molecule has 2 atom stereocenters. The highest BCUT2D eigenvalue weighted by Gasteiger charge is 2.08. The van der Waals surface area contributed by atoms with Crippen LogP contribution < -0.4 is 5.32 Å². The van der Waals surface area contributed by atoms with Crippen LogP contribution in [0.2, 0.25) is 0 Å². The quantitative estimate of drug-likeness (QED) is 0.623. The summed E-state index contributed by atoms with van der Waals surface area (Å²) in [5, 5.41) is 3.53. The molecule has 0 aliphatic carbocycles. The molecule has 0 aliphatic heterocycles. The molecule has 0 bridgehead atoms. The average Bonchev–Trinajstić information content (AvgIpc) is 2.27. The molecule has 15 heavy (non-hydrogen) atoms. The topological polar surface area (TPSA) is 21.3 Å². The van der Waals surface area contributed by atoms with Gasteiger partial charge in [-0.15, -0.1) is 11.8 Å². The van der Waals surface area contributed by atoms with Gasteiger partial charge in [0.25, 0.3) is 0 Å². The summed E-state index contributed by atoms with van der Waals surface area (Å²) in [5.41, 5.74) is 0. The Balaban J connectivity index is 3.81. The fourth-order valence-corrected chi connectivity index (χ4v) is 1.40. The maximum Gasteiger partial charge on any atom is 0.0543 e. The van der Waals surface area contributed by atoms with Gasteiger partial charge < -0.3 is 10.1 Å². The van der Waals surface area contributed by atoms with E-state index in [1.54, 1.807) is 7.11 Å². The monoisotopic (exact) mass is 211 g/mol. The molecule has 0 spiro atoms. The van der Waals surface area contributed by atoms with Crippen LogP contribution in [0.25, 0.3) is 0 Å². The van der Waals surface area contributed by atoms with Gasteiger partial charge in [-0.2, -0.15) is 0 Å².